The first-order valence-electron chi connectivity index (χ1n) is 7.80. The largest absolute Gasteiger partial charge is 0.477 e. The maximum atomic E-state index is 12.7. The maximum Gasteiger partial charge on any atom is 0.266 e. The summed E-state index contributed by atoms with van der Waals surface area (Å²) in [6.45, 7) is 5.71. The van der Waals surface area contributed by atoms with Crippen molar-refractivity contribution in [1.82, 2.24) is 9.97 Å². The van der Waals surface area contributed by atoms with E-state index in [-0.39, 0.29) is 11.7 Å². The Morgan fingerprint density at radius 2 is 2.08 bits per heavy atom. The number of Topliss-reactive ketones (excluding diaryl/α,β-unsaturated/α-hetero) is 1. The maximum absolute atomic E-state index is 12.7. The second kappa shape index (κ2) is 6.98. The zero-order valence-corrected chi connectivity index (χ0v) is 14.9. The van der Waals surface area contributed by atoms with Crippen molar-refractivity contribution < 1.29 is 14.3 Å². The zero-order chi connectivity index (χ0) is 18.0. The van der Waals surface area contributed by atoms with Crippen molar-refractivity contribution in [2.24, 2.45) is 0 Å². The molecule has 0 unspecified atom stereocenters. The monoisotopic (exact) mass is 355 g/mol. The van der Waals surface area contributed by atoms with Gasteiger partial charge in [0.2, 0.25) is 5.88 Å². The quantitative estimate of drug-likeness (QED) is 0.703. The summed E-state index contributed by atoms with van der Waals surface area (Å²) in [6, 6.07) is 6.86. The van der Waals surface area contributed by atoms with Crippen molar-refractivity contribution in [1.29, 1.82) is 0 Å². The molecule has 128 valence electrons. The topological polar surface area (TPSA) is 81.2 Å². The average Bonchev–Trinajstić information content (AvgIpc) is 2.93. The van der Waals surface area contributed by atoms with E-state index in [0.717, 1.165) is 10.9 Å². The molecular formula is C18H17N3O3S. The molecule has 0 radical (unpaired) electrons. The van der Waals surface area contributed by atoms with Crippen LogP contribution in [0.25, 0.3) is 10.2 Å². The molecule has 0 atom stereocenters. The van der Waals surface area contributed by atoms with E-state index in [1.165, 1.54) is 24.6 Å². The smallest absolute Gasteiger partial charge is 0.266 e. The molecule has 1 N–H and O–H groups in total. The standard InChI is InChI=1S/C18H17N3O3S/c1-4-24-17-14-10(2)15(25-18(14)20-9-19-17)16(23)21-13-7-5-6-12(8-13)11(3)22/h5-9H,4H2,1-3H3,(H,21,23). The molecule has 3 aromatic rings. The van der Waals surface area contributed by atoms with E-state index in [9.17, 15) is 9.59 Å². The highest BCUT2D eigenvalue weighted by atomic mass is 32.1. The van der Waals surface area contributed by atoms with E-state index >= 15 is 0 Å². The van der Waals surface area contributed by atoms with Crippen LogP contribution in [-0.2, 0) is 0 Å². The number of ether oxygens (including phenoxy) is 1. The Bertz CT molecular complexity index is 965. The molecule has 0 saturated carbocycles. The number of rotatable bonds is 5. The molecule has 6 nitrogen and oxygen atoms in total. The number of benzene rings is 1. The molecule has 1 amide bonds. The summed E-state index contributed by atoms with van der Waals surface area (Å²) in [5.74, 6) is 0.188. The van der Waals surface area contributed by atoms with E-state index in [1.807, 2.05) is 13.8 Å². The number of carbonyl (C=O) groups excluding carboxylic acids is 2. The van der Waals surface area contributed by atoms with Gasteiger partial charge in [-0.15, -0.1) is 11.3 Å². The molecule has 25 heavy (non-hydrogen) atoms. The number of nitrogens with one attached hydrogen (secondary N) is 1. The lowest BCUT2D eigenvalue weighted by Gasteiger charge is -2.06. The molecule has 0 spiro atoms. The van der Waals surface area contributed by atoms with Gasteiger partial charge in [-0.25, -0.2) is 9.97 Å². The summed E-state index contributed by atoms with van der Waals surface area (Å²) in [6.07, 6.45) is 1.43. The molecule has 0 aliphatic rings. The van der Waals surface area contributed by atoms with E-state index in [2.05, 4.69) is 15.3 Å². The predicted octanol–water partition coefficient (Wildman–Crippen LogP) is 3.85. The van der Waals surface area contributed by atoms with Crippen molar-refractivity contribution in [3.8, 4) is 5.88 Å². The molecule has 0 aliphatic carbocycles. The van der Waals surface area contributed by atoms with Gasteiger partial charge in [0, 0.05) is 11.3 Å². The third-order valence-corrected chi connectivity index (χ3v) is 4.90. The van der Waals surface area contributed by atoms with Crippen LogP contribution in [0.1, 0.15) is 39.4 Å². The Kier molecular flexibility index (Phi) is 4.76. The Labute approximate surface area is 148 Å². The van der Waals surface area contributed by atoms with Crippen molar-refractivity contribution in [3.05, 3.63) is 46.6 Å². The van der Waals surface area contributed by atoms with Crippen LogP contribution < -0.4 is 10.1 Å². The van der Waals surface area contributed by atoms with Crippen LogP contribution in [0, 0.1) is 6.92 Å². The number of fused-ring (bicyclic) bond motifs is 1. The normalized spacial score (nSPS) is 10.7. The van der Waals surface area contributed by atoms with E-state index in [1.54, 1.807) is 24.3 Å². The summed E-state index contributed by atoms with van der Waals surface area (Å²) in [7, 11) is 0. The number of anilines is 1. The second-order valence-electron chi connectivity index (χ2n) is 5.44. The van der Waals surface area contributed by atoms with Gasteiger partial charge in [-0.3, -0.25) is 9.59 Å². The molecular weight excluding hydrogens is 338 g/mol. The van der Waals surface area contributed by atoms with Gasteiger partial charge in [-0.2, -0.15) is 0 Å². The molecule has 1 aromatic carbocycles. The van der Waals surface area contributed by atoms with Crippen molar-refractivity contribution in [2.45, 2.75) is 20.8 Å². The lowest BCUT2D eigenvalue weighted by Crippen LogP contribution is -2.11. The molecule has 7 heteroatoms. The fourth-order valence-corrected chi connectivity index (χ4v) is 3.54. The van der Waals surface area contributed by atoms with Gasteiger partial charge in [0.1, 0.15) is 11.2 Å². The van der Waals surface area contributed by atoms with Crippen LogP contribution >= 0.6 is 11.3 Å². The second-order valence-corrected chi connectivity index (χ2v) is 6.44. The summed E-state index contributed by atoms with van der Waals surface area (Å²) in [5, 5.41) is 3.60. The number of carbonyl (C=O) groups is 2. The number of hydrogen-bond acceptors (Lipinski definition) is 6. The number of hydrogen-bond donors (Lipinski definition) is 1. The van der Waals surface area contributed by atoms with Gasteiger partial charge in [0.25, 0.3) is 5.91 Å². The third kappa shape index (κ3) is 3.36. The minimum Gasteiger partial charge on any atom is -0.477 e. The highest BCUT2D eigenvalue weighted by Crippen LogP contribution is 2.34. The first kappa shape index (κ1) is 17.0. The van der Waals surface area contributed by atoms with Crippen LogP contribution in [-0.4, -0.2) is 28.3 Å². The molecule has 0 bridgehead atoms. The minimum absolute atomic E-state index is 0.0502. The highest BCUT2D eigenvalue weighted by molar-refractivity contribution is 7.20. The highest BCUT2D eigenvalue weighted by Gasteiger charge is 2.20. The van der Waals surface area contributed by atoms with Gasteiger partial charge < -0.3 is 10.1 Å². The average molecular weight is 355 g/mol. The number of aryl methyl sites for hydroxylation is 1. The molecule has 2 aromatic heterocycles. The van der Waals surface area contributed by atoms with Gasteiger partial charge in [-0.1, -0.05) is 12.1 Å². The van der Waals surface area contributed by atoms with Crippen molar-refractivity contribution in [3.63, 3.8) is 0 Å². The van der Waals surface area contributed by atoms with Crippen LogP contribution in [0.15, 0.2) is 30.6 Å². The van der Waals surface area contributed by atoms with E-state index in [0.29, 0.717) is 33.4 Å². The summed E-state index contributed by atoms with van der Waals surface area (Å²) >= 11 is 1.29. The third-order valence-electron chi connectivity index (χ3n) is 3.71. The predicted molar refractivity (Wildman–Crippen MR) is 97.7 cm³/mol. The molecule has 2 heterocycles. The Morgan fingerprint density at radius 3 is 2.80 bits per heavy atom. The Balaban J connectivity index is 1.95. The van der Waals surface area contributed by atoms with Gasteiger partial charge >= 0.3 is 0 Å². The molecule has 0 saturated heterocycles. The Hall–Kier alpha value is -2.80. The Morgan fingerprint density at radius 1 is 1.28 bits per heavy atom. The van der Waals surface area contributed by atoms with Gasteiger partial charge in [-0.05, 0) is 38.5 Å². The van der Waals surface area contributed by atoms with E-state index in [4.69, 9.17) is 4.74 Å². The van der Waals surface area contributed by atoms with Crippen LogP contribution in [0.5, 0.6) is 5.88 Å². The minimum atomic E-state index is -0.247. The molecule has 3 rings (SSSR count). The van der Waals surface area contributed by atoms with Crippen molar-refractivity contribution >= 4 is 38.9 Å². The summed E-state index contributed by atoms with van der Waals surface area (Å²) in [4.78, 5) is 33.8. The zero-order valence-electron chi connectivity index (χ0n) is 14.1. The molecule has 0 fully saturated rings. The lowest BCUT2D eigenvalue weighted by molar-refractivity contribution is 0.101. The first-order valence-corrected chi connectivity index (χ1v) is 8.62. The SMILES string of the molecule is CCOc1ncnc2sc(C(=O)Nc3cccc(C(C)=O)c3)c(C)c12. The fourth-order valence-electron chi connectivity index (χ4n) is 2.51. The van der Waals surface area contributed by atoms with Crippen LogP contribution in [0.2, 0.25) is 0 Å². The first-order chi connectivity index (χ1) is 12.0. The summed E-state index contributed by atoms with van der Waals surface area (Å²) in [5.41, 5.74) is 1.91. The fraction of sp³-hybridized carbons (Fsp3) is 0.222. The van der Waals surface area contributed by atoms with E-state index < -0.39 is 0 Å². The lowest BCUT2D eigenvalue weighted by atomic mass is 10.1. The van der Waals surface area contributed by atoms with Crippen LogP contribution in [0.4, 0.5) is 5.69 Å². The van der Waals surface area contributed by atoms with Gasteiger partial charge in [0.05, 0.1) is 16.9 Å². The number of ketones is 1. The number of thiophene rings is 1. The number of nitrogens with zero attached hydrogens (tertiary/aromatic N) is 2. The van der Waals surface area contributed by atoms with Gasteiger partial charge in [0.15, 0.2) is 5.78 Å². The number of aromatic nitrogens is 2. The van der Waals surface area contributed by atoms with Crippen molar-refractivity contribution in [2.75, 3.05) is 11.9 Å². The van der Waals surface area contributed by atoms with Crippen LogP contribution in [0.3, 0.4) is 0 Å². The number of amides is 1. The summed E-state index contributed by atoms with van der Waals surface area (Å²) < 4.78 is 5.54. The molecule has 0 aliphatic heterocycles.